The topological polar surface area (TPSA) is 37.6 Å². The minimum atomic E-state index is 0.0437. The van der Waals surface area contributed by atoms with Crippen molar-refractivity contribution >= 4 is 22.2 Å². The quantitative estimate of drug-likeness (QED) is 0.341. The number of hydrogen-bond acceptors (Lipinski definition) is 4. The fraction of sp³-hybridized carbons (Fsp3) is 0.174. The molecule has 0 radical (unpaired) electrons. The number of nitrogens with zero attached hydrogens (tertiary/aromatic N) is 3. The SMILES string of the molecule is CC(C)(C)c1cc(N=Nc2nc(-c3ccccc3)cs2)c2cccccc1-2. The van der Waals surface area contributed by atoms with Crippen LogP contribution in [0, 0.1) is 0 Å². The molecule has 0 saturated carbocycles. The van der Waals surface area contributed by atoms with Gasteiger partial charge in [0.1, 0.15) is 0 Å². The second-order valence-corrected chi connectivity index (χ2v) is 8.35. The molecular weight excluding hydrogens is 350 g/mol. The van der Waals surface area contributed by atoms with Crippen LogP contribution in [0.15, 0.2) is 82.3 Å². The van der Waals surface area contributed by atoms with Crippen LogP contribution in [0.1, 0.15) is 26.3 Å². The van der Waals surface area contributed by atoms with E-state index in [9.17, 15) is 0 Å². The van der Waals surface area contributed by atoms with Gasteiger partial charge < -0.3 is 0 Å². The molecule has 134 valence electrons. The van der Waals surface area contributed by atoms with E-state index in [-0.39, 0.29) is 5.41 Å². The third-order valence-corrected chi connectivity index (χ3v) is 5.22. The van der Waals surface area contributed by atoms with Crippen LogP contribution < -0.4 is 0 Å². The van der Waals surface area contributed by atoms with Crippen LogP contribution in [0.2, 0.25) is 0 Å². The Hall–Kier alpha value is -2.85. The average molecular weight is 372 g/mol. The smallest absolute Gasteiger partial charge is 0.217 e. The van der Waals surface area contributed by atoms with Crippen molar-refractivity contribution in [2.75, 3.05) is 0 Å². The van der Waals surface area contributed by atoms with E-state index in [1.54, 1.807) is 0 Å². The van der Waals surface area contributed by atoms with Gasteiger partial charge in [-0.2, -0.15) is 0 Å². The number of fused-ring (bicyclic) bond motifs is 1. The Morgan fingerprint density at radius 2 is 1.48 bits per heavy atom. The molecule has 0 aliphatic heterocycles. The highest BCUT2D eigenvalue weighted by Gasteiger charge is 2.23. The van der Waals surface area contributed by atoms with E-state index >= 15 is 0 Å². The van der Waals surface area contributed by atoms with Gasteiger partial charge in [0.15, 0.2) is 0 Å². The molecule has 1 aromatic heterocycles. The molecule has 0 saturated heterocycles. The zero-order valence-corrected chi connectivity index (χ0v) is 16.5. The predicted octanol–water partition coefficient (Wildman–Crippen LogP) is 7.63. The van der Waals surface area contributed by atoms with Crippen molar-refractivity contribution in [1.29, 1.82) is 0 Å². The normalized spacial score (nSPS) is 12.1. The highest BCUT2D eigenvalue weighted by Crippen LogP contribution is 2.43. The van der Waals surface area contributed by atoms with Crippen LogP contribution in [-0.4, -0.2) is 4.98 Å². The number of benzene rings is 1. The lowest BCUT2D eigenvalue weighted by atomic mass is 9.86. The molecule has 1 heterocycles. The summed E-state index contributed by atoms with van der Waals surface area (Å²) in [6, 6.07) is 22.7. The summed E-state index contributed by atoms with van der Waals surface area (Å²) < 4.78 is 0. The van der Waals surface area contributed by atoms with E-state index < -0.39 is 0 Å². The Morgan fingerprint density at radius 1 is 0.815 bits per heavy atom. The van der Waals surface area contributed by atoms with E-state index in [1.165, 1.54) is 22.5 Å². The average Bonchev–Trinajstić information content (AvgIpc) is 3.18. The lowest BCUT2D eigenvalue weighted by molar-refractivity contribution is 0.594. The van der Waals surface area contributed by atoms with Gasteiger partial charge in [-0.15, -0.1) is 21.6 Å². The minimum absolute atomic E-state index is 0.0437. The summed E-state index contributed by atoms with van der Waals surface area (Å²) in [6.45, 7) is 6.67. The molecule has 0 bridgehead atoms. The molecule has 2 aliphatic rings. The first-order chi connectivity index (χ1) is 13.0. The summed E-state index contributed by atoms with van der Waals surface area (Å²) in [4.78, 5) is 4.60. The second kappa shape index (κ2) is 7.05. The Kier molecular flexibility index (Phi) is 4.58. The zero-order valence-electron chi connectivity index (χ0n) is 15.7. The van der Waals surface area contributed by atoms with Crippen molar-refractivity contribution < 1.29 is 0 Å². The largest absolute Gasteiger partial charge is 0.230 e. The molecule has 4 heteroatoms. The van der Waals surface area contributed by atoms with Crippen LogP contribution in [-0.2, 0) is 5.41 Å². The summed E-state index contributed by atoms with van der Waals surface area (Å²) >= 11 is 1.51. The lowest BCUT2D eigenvalue weighted by Crippen LogP contribution is -2.10. The maximum atomic E-state index is 4.60. The number of hydrogen-bond donors (Lipinski definition) is 0. The van der Waals surface area contributed by atoms with Crippen molar-refractivity contribution in [3.63, 3.8) is 0 Å². The molecular formula is C23H21N3S. The Balaban J connectivity index is 1.69. The van der Waals surface area contributed by atoms with Crippen LogP contribution in [0.25, 0.3) is 22.4 Å². The van der Waals surface area contributed by atoms with Gasteiger partial charge >= 0.3 is 0 Å². The molecule has 0 N–H and O–H groups in total. The summed E-state index contributed by atoms with van der Waals surface area (Å²) in [5, 5.41) is 11.7. The number of azo groups is 1. The predicted molar refractivity (Wildman–Crippen MR) is 113 cm³/mol. The van der Waals surface area contributed by atoms with Crippen molar-refractivity contribution in [3.05, 3.63) is 77.7 Å². The first-order valence-electron chi connectivity index (χ1n) is 8.97. The highest BCUT2D eigenvalue weighted by molar-refractivity contribution is 7.13. The van der Waals surface area contributed by atoms with E-state index in [4.69, 9.17) is 0 Å². The third-order valence-electron chi connectivity index (χ3n) is 4.50. The van der Waals surface area contributed by atoms with Gasteiger partial charge in [-0.05, 0) is 22.6 Å². The molecule has 0 unspecified atom stereocenters. The molecule has 0 fully saturated rings. The summed E-state index contributed by atoms with van der Waals surface area (Å²) in [5.74, 6) is 0. The molecule has 0 spiro atoms. The van der Waals surface area contributed by atoms with Crippen LogP contribution in [0.5, 0.6) is 0 Å². The molecule has 1 aromatic carbocycles. The van der Waals surface area contributed by atoms with Gasteiger partial charge in [0.25, 0.3) is 0 Å². The van der Waals surface area contributed by atoms with Crippen molar-refractivity contribution in [2.24, 2.45) is 10.2 Å². The zero-order chi connectivity index (χ0) is 18.9. The molecule has 4 rings (SSSR count). The first-order valence-corrected chi connectivity index (χ1v) is 9.85. The Morgan fingerprint density at radius 3 is 2.19 bits per heavy atom. The molecule has 3 nitrogen and oxygen atoms in total. The maximum absolute atomic E-state index is 4.60. The van der Waals surface area contributed by atoms with Crippen molar-refractivity contribution in [2.45, 2.75) is 26.2 Å². The van der Waals surface area contributed by atoms with E-state index in [2.05, 4.69) is 72.4 Å². The Labute approximate surface area is 163 Å². The van der Waals surface area contributed by atoms with Gasteiger partial charge in [-0.25, -0.2) is 4.98 Å². The monoisotopic (exact) mass is 371 g/mol. The van der Waals surface area contributed by atoms with Crippen LogP contribution in [0.4, 0.5) is 10.8 Å². The van der Waals surface area contributed by atoms with Gasteiger partial charge in [-0.1, -0.05) is 81.4 Å². The molecule has 2 aromatic rings. The van der Waals surface area contributed by atoms with Crippen LogP contribution >= 0.6 is 11.3 Å². The molecule has 2 aliphatic carbocycles. The van der Waals surface area contributed by atoms with E-state index in [0.29, 0.717) is 5.13 Å². The van der Waals surface area contributed by atoms with Gasteiger partial charge in [0.2, 0.25) is 5.13 Å². The molecule has 0 atom stereocenters. The minimum Gasteiger partial charge on any atom is -0.217 e. The molecule has 0 amide bonds. The maximum Gasteiger partial charge on any atom is 0.230 e. The summed E-state index contributed by atoms with van der Waals surface area (Å²) in [7, 11) is 0. The van der Waals surface area contributed by atoms with E-state index in [0.717, 1.165) is 22.5 Å². The first kappa shape index (κ1) is 17.6. The fourth-order valence-corrected chi connectivity index (χ4v) is 3.79. The molecule has 27 heavy (non-hydrogen) atoms. The van der Waals surface area contributed by atoms with Gasteiger partial charge in [0, 0.05) is 16.5 Å². The number of thiazole rings is 1. The highest BCUT2D eigenvalue weighted by atomic mass is 32.1. The fourth-order valence-electron chi connectivity index (χ4n) is 3.15. The number of rotatable bonds is 3. The second-order valence-electron chi connectivity index (χ2n) is 7.51. The summed E-state index contributed by atoms with van der Waals surface area (Å²) in [6.07, 6.45) is 0. The standard InChI is InChI=1S/C23H21N3S/c1-23(2,3)19-14-20(18-13-9-5-8-12-17(18)19)25-26-22-24-21(15-27-22)16-10-6-4-7-11-16/h4-15H,1-3H3. The Bertz CT molecular complexity index is 1060. The van der Waals surface area contributed by atoms with Crippen molar-refractivity contribution in [1.82, 2.24) is 4.98 Å². The number of aromatic nitrogens is 1. The summed E-state index contributed by atoms with van der Waals surface area (Å²) in [5.41, 5.74) is 6.59. The van der Waals surface area contributed by atoms with E-state index in [1.807, 2.05) is 35.7 Å². The van der Waals surface area contributed by atoms with Crippen LogP contribution in [0.3, 0.4) is 0 Å². The van der Waals surface area contributed by atoms with Gasteiger partial charge in [0.05, 0.1) is 11.4 Å². The third kappa shape index (κ3) is 3.67. The van der Waals surface area contributed by atoms with Crippen molar-refractivity contribution in [3.8, 4) is 22.4 Å². The van der Waals surface area contributed by atoms with Gasteiger partial charge in [-0.3, -0.25) is 0 Å². The lowest BCUT2D eigenvalue weighted by Gasteiger charge is -2.18.